The number of carbonyl (C=O) groups is 2. The zero-order valence-electron chi connectivity index (χ0n) is 12.4. The first-order valence-corrected chi connectivity index (χ1v) is 7.16. The molecular weight excluding hydrogens is 296 g/mol. The lowest BCUT2D eigenvalue weighted by Gasteiger charge is -2.15. The number of anilines is 1. The van der Waals surface area contributed by atoms with Crippen molar-refractivity contribution in [1.82, 2.24) is 0 Å². The van der Waals surface area contributed by atoms with Crippen molar-refractivity contribution in [3.63, 3.8) is 0 Å². The summed E-state index contributed by atoms with van der Waals surface area (Å²) < 4.78 is 0. The van der Waals surface area contributed by atoms with Crippen LogP contribution in [0.2, 0.25) is 0 Å². The molecule has 2 aromatic carbocycles. The lowest BCUT2D eigenvalue weighted by atomic mass is 9.94. The molecule has 3 rings (SSSR count). The predicted molar refractivity (Wildman–Crippen MR) is 84.1 cm³/mol. The van der Waals surface area contributed by atoms with Gasteiger partial charge in [0, 0.05) is 18.1 Å². The van der Waals surface area contributed by atoms with E-state index in [4.69, 9.17) is 0 Å². The zero-order chi connectivity index (χ0) is 16.6. The zero-order valence-corrected chi connectivity index (χ0v) is 12.4. The molecule has 1 aliphatic heterocycles. The molecule has 1 aliphatic rings. The van der Waals surface area contributed by atoms with Crippen LogP contribution in [0.3, 0.4) is 0 Å². The van der Waals surface area contributed by atoms with Crippen molar-refractivity contribution in [3.8, 4) is 0 Å². The van der Waals surface area contributed by atoms with E-state index in [0.717, 1.165) is 10.5 Å². The number of nitrogens with zero attached hydrogens (tertiary/aromatic N) is 2. The van der Waals surface area contributed by atoms with Gasteiger partial charge >= 0.3 is 0 Å². The van der Waals surface area contributed by atoms with Crippen molar-refractivity contribution in [3.05, 3.63) is 69.8 Å². The Morgan fingerprint density at radius 1 is 1.13 bits per heavy atom. The molecule has 1 fully saturated rings. The Morgan fingerprint density at radius 3 is 2.48 bits per heavy atom. The topological polar surface area (TPSA) is 80.5 Å². The van der Waals surface area contributed by atoms with Crippen LogP contribution in [0.1, 0.15) is 23.5 Å². The van der Waals surface area contributed by atoms with Crippen LogP contribution in [0.5, 0.6) is 0 Å². The van der Waals surface area contributed by atoms with Gasteiger partial charge in [0.1, 0.15) is 0 Å². The second kappa shape index (κ2) is 5.64. The molecule has 0 saturated carbocycles. The maximum Gasteiger partial charge on any atom is 0.273 e. The molecule has 0 aliphatic carbocycles. The number of hydrogen-bond donors (Lipinski definition) is 0. The van der Waals surface area contributed by atoms with Gasteiger partial charge in [0.05, 0.1) is 16.5 Å². The van der Waals surface area contributed by atoms with Crippen LogP contribution < -0.4 is 4.90 Å². The molecule has 1 unspecified atom stereocenters. The van der Waals surface area contributed by atoms with Crippen LogP contribution >= 0.6 is 0 Å². The molecule has 6 nitrogen and oxygen atoms in total. The number of nitro groups is 1. The minimum Gasteiger partial charge on any atom is -0.274 e. The van der Waals surface area contributed by atoms with Crippen LogP contribution in [0.15, 0.2) is 48.5 Å². The van der Waals surface area contributed by atoms with E-state index in [9.17, 15) is 19.7 Å². The lowest BCUT2D eigenvalue weighted by Crippen LogP contribution is -2.30. The summed E-state index contributed by atoms with van der Waals surface area (Å²) in [5.41, 5.74) is 1.47. The Balaban J connectivity index is 2.04. The number of imide groups is 1. The maximum absolute atomic E-state index is 12.7. The van der Waals surface area contributed by atoms with Crippen molar-refractivity contribution < 1.29 is 14.5 Å². The summed E-state index contributed by atoms with van der Waals surface area (Å²) in [6.07, 6.45) is -0.0575. The van der Waals surface area contributed by atoms with Gasteiger partial charge in [-0.1, -0.05) is 29.8 Å². The molecule has 6 heteroatoms. The van der Waals surface area contributed by atoms with E-state index in [1.807, 2.05) is 0 Å². The Bertz CT molecular complexity index is 801. The largest absolute Gasteiger partial charge is 0.274 e. The molecule has 0 aromatic heterocycles. The highest BCUT2D eigenvalue weighted by Gasteiger charge is 2.42. The first-order valence-electron chi connectivity index (χ1n) is 7.16. The van der Waals surface area contributed by atoms with Crippen molar-refractivity contribution >= 4 is 23.2 Å². The summed E-state index contributed by atoms with van der Waals surface area (Å²) in [5, 5.41) is 11.2. The highest BCUT2D eigenvalue weighted by atomic mass is 16.6. The van der Waals surface area contributed by atoms with Crippen LogP contribution in [0, 0.1) is 17.0 Å². The SMILES string of the molecule is Cc1ccc([N+](=O)[O-])c(C2CC(=O)N(c3ccccc3)C2=O)c1. The Labute approximate surface area is 132 Å². The average molecular weight is 310 g/mol. The van der Waals surface area contributed by atoms with E-state index in [2.05, 4.69) is 0 Å². The monoisotopic (exact) mass is 310 g/mol. The highest BCUT2D eigenvalue weighted by Crippen LogP contribution is 2.37. The molecule has 2 aromatic rings. The third-order valence-electron chi connectivity index (χ3n) is 3.92. The van der Waals surface area contributed by atoms with Crippen LogP contribution in [0.25, 0.3) is 0 Å². The second-order valence-corrected chi connectivity index (χ2v) is 5.48. The van der Waals surface area contributed by atoms with Gasteiger partial charge in [0.15, 0.2) is 0 Å². The molecule has 0 bridgehead atoms. The van der Waals surface area contributed by atoms with Gasteiger partial charge < -0.3 is 0 Å². The summed E-state index contributed by atoms with van der Waals surface area (Å²) in [6, 6.07) is 13.2. The van der Waals surface area contributed by atoms with Gasteiger partial charge in [-0.3, -0.25) is 24.6 Å². The van der Waals surface area contributed by atoms with Gasteiger partial charge in [0.25, 0.3) is 5.69 Å². The predicted octanol–water partition coefficient (Wildman–Crippen LogP) is 2.95. The maximum atomic E-state index is 12.7. The Hall–Kier alpha value is -3.02. The Morgan fingerprint density at radius 2 is 1.83 bits per heavy atom. The number of para-hydroxylation sites is 1. The fourth-order valence-electron chi connectivity index (χ4n) is 2.84. The fraction of sp³-hybridized carbons (Fsp3) is 0.176. The van der Waals surface area contributed by atoms with E-state index in [1.165, 1.54) is 6.07 Å². The standard InChI is InChI=1S/C17H14N2O4/c1-11-7-8-15(19(22)23)13(9-11)14-10-16(20)18(17(14)21)12-5-3-2-4-6-12/h2-9,14H,10H2,1H3. The second-order valence-electron chi connectivity index (χ2n) is 5.48. The summed E-state index contributed by atoms with van der Waals surface area (Å²) in [6.45, 7) is 1.80. The number of nitro benzene ring substituents is 1. The number of carbonyl (C=O) groups excluding carboxylic acids is 2. The van der Waals surface area contributed by atoms with Crippen LogP contribution in [-0.4, -0.2) is 16.7 Å². The Kier molecular flexibility index (Phi) is 3.65. The third-order valence-corrected chi connectivity index (χ3v) is 3.92. The van der Waals surface area contributed by atoms with E-state index in [0.29, 0.717) is 11.3 Å². The summed E-state index contributed by atoms with van der Waals surface area (Å²) in [5.74, 6) is -1.58. The fourth-order valence-corrected chi connectivity index (χ4v) is 2.84. The molecule has 2 amide bonds. The molecule has 1 saturated heterocycles. The number of aryl methyl sites for hydroxylation is 1. The van der Waals surface area contributed by atoms with Crippen LogP contribution in [-0.2, 0) is 9.59 Å². The first kappa shape index (κ1) is 14.9. The lowest BCUT2D eigenvalue weighted by molar-refractivity contribution is -0.385. The molecule has 23 heavy (non-hydrogen) atoms. The highest BCUT2D eigenvalue weighted by molar-refractivity contribution is 6.22. The average Bonchev–Trinajstić information content (AvgIpc) is 2.82. The molecular formula is C17H14N2O4. The molecule has 0 spiro atoms. The normalized spacial score (nSPS) is 17.6. The van der Waals surface area contributed by atoms with E-state index >= 15 is 0 Å². The number of rotatable bonds is 3. The minimum absolute atomic E-state index is 0.0575. The minimum atomic E-state index is -0.817. The summed E-state index contributed by atoms with van der Waals surface area (Å²) in [4.78, 5) is 36.8. The van der Waals surface area contributed by atoms with Crippen molar-refractivity contribution in [2.24, 2.45) is 0 Å². The molecule has 0 radical (unpaired) electrons. The van der Waals surface area contributed by atoms with Crippen molar-refractivity contribution in [2.45, 2.75) is 19.3 Å². The summed E-state index contributed by atoms with van der Waals surface area (Å²) in [7, 11) is 0. The smallest absolute Gasteiger partial charge is 0.273 e. The molecule has 1 atom stereocenters. The molecule has 0 N–H and O–H groups in total. The van der Waals surface area contributed by atoms with E-state index in [-0.39, 0.29) is 18.0 Å². The van der Waals surface area contributed by atoms with E-state index in [1.54, 1.807) is 49.4 Å². The van der Waals surface area contributed by atoms with Crippen LogP contribution in [0.4, 0.5) is 11.4 Å². The quantitative estimate of drug-likeness (QED) is 0.496. The number of hydrogen-bond acceptors (Lipinski definition) is 4. The third kappa shape index (κ3) is 2.59. The first-order chi connectivity index (χ1) is 11.0. The van der Waals surface area contributed by atoms with Gasteiger partial charge in [-0.15, -0.1) is 0 Å². The van der Waals surface area contributed by atoms with E-state index < -0.39 is 16.7 Å². The molecule has 1 heterocycles. The van der Waals surface area contributed by atoms with Gasteiger partial charge in [-0.25, -0.2) is 0 Å². The van der Waals surface area contributed by atoms with Crippen molar-refractivity contribution in [2.75, 3.05) is 4.90 Å². The number of amides is 2. The summed E-state index contributed by atoms with van der Waals surface area (Å²) >= 11 is 0. The molecule has 116 valence electrons. The van der Waals surface area contributed by atoms with Gasteiger partial charge in [0.2, 0.25) is 11.8 Å². The van der Waals surface area contributed by atoms with Crippen molar-refractivity contribution in [1.29, 1.82) is 0 Å². The van der Waals surface area contributed by atoms with Gasteiger partial charge in [-0.2, -0.15) is 0 Å². The van der Waals surface area contributed by atoms with Gasteiger partial charge in [-0.05, 0) is 25.1 Å². The number of benzene rings is 2.